The number of aryl methyl sites for hydroxylation is 1. The summed E-state index contributed by atoms with van der Waals surface area (Å²) in [7, 11) is 0. The van der Waals surface area contributed by atoms with Crippen molar-refractivity contribution in [3.8, 4) is 0 Å². The van der Waals surface area contributed by atoms with E-state index in [-0.39, 0.29) is 17.7 Å². The molecule has 0 saturated carbocycles. The van der Waals surface area contributed by atoms with Gasteiger partial charge < -0.3 is 20.3 Å². The van der Waals surface area contributed by atoms with Crippen molar-refractivity contribution in [3.05, 3.63) is 173 Å². The minimum absolute atomic E-state index is 0.149. The van der Waals surface area contributed by atoms with E-state index in [1.807, 2.05) is 98.0 Å². The molecule has 6 aromatic rings. The van der Waals surface area contributed by atoms with Crippen molar-refractivity contribution in [2.45, 2.75) is 64.7 Å². The molecule has 1 unspecified atom stereocenters. The van der Waals surface area contributed by atoms with Crippen LogP contribution in [0.3, 0.4) is 0 Å². The molecule has 2 aromatic heterocycles. The fraction of sp³-hybridized carbons (Fsp3) is 0.216. The molecule has 0 radical (unpaired) electrons. The minimum Gasteiger partial charge on any atom is -0.380 e. The number of aromatic nitrogens is 2. The molecular weight excluding hydrogens is 825 g/mol. The van der Waals surface area contributed by atoms with Crippen LogP contribution in [0.1, 0.15) is 81.4 Å². The van der Waals surface area contributed by atoms with E-state index in [9.17, 15) is 14.4 Å². The molecule has 3 aliphatic rings. The lowest BCUT2D eigenvalue weighted by molar-refractivity contribution is -0.120. The number of allylic oxidation sites excluding steroid dienone is 1. The lowest BCUT2D eigenvalue weighted by Crippen LogP contribution is -2.47. The first kappa shape index (κ1) is 42.0. The van der Waals surface area contributed by atoms with E-state index in [1.54, 1.807) is 40.7 Å². The second-order valence-corrected chi connectivity index (χ2v) is 17.6. The molecule has 0 bridgehead atoms. The first-order chi connectivity index (χ1) is 30.9. The Hall–Kier alpha value is -6.34. The zero-order valence-electron chi connectivity index (χ0n) is 34.9. The van der Waals surface area contributed by atoms with Gasteiger partial charge in [0.2, 0.25) is 5.91 Å². The van der Waals surface area contributed by atoms with E-state index in [4.69, 9.17) is 9.73 Å². The maximum Gasteiger partial charge on any atom is 0.251 e. The van der Waals surface area contributed by atoms with Crippen LogP contribution in [0.15, 0.2) is 158 Å². The molecule has 9 rings (SSSR count). The molecule has 1 fully saturated rings. The Balaban J connectivity index is 0.964. The van der Waals surface area contributed by atoms with Gasteiger partial charge in [-0.15, -0.1) is 0 Å². The molecule has 0 aliphatic carbocycles. The van der Waals surface area contributed by atoms with Crippen molar-refractivity contribution in [1.82, 2.24) is 20.6 Å². The summed E-state index contributed by atoms with van der Waals surface area (Å²) in [5.41, 5.74) is 8.79. The van der Waals surface area contributed by atoms with E-state index in [2.05, 4.69) is 50.9 Å². The standard InChI is InChI=1S/C51H46N6O4S2/c1-2-61-29-27-54-49(58)35-20-23-47-43(31-35)55-48(41-16-6-9-26-53-41)39-32-36(21-24-46(39)63-47)57-28-10-7-17-42(51(57)60)56-50(59)34-19-22-44-33(30-34)12-11-14-37(40-15-5-8-25-52-40)38-13-3-4-18-45(38)62-44/h3-6,8-9,13-16,18-26,30-32,42H,2,7,10-12,17,27-29H2,1H3,(H,54,58)(H,56,59)/b37-14-. The highest BCUT2D eigenvalue weighted by Gasteiger charge is 2.31. The van der Waals surface area contributed by atoms with E-state index >= 15 is 0 Å². The molecule has 3 amide bonds. The number of pyridine rings is 2. The molecular formula is C51H46N6O4S2. The summed E-state index contributed by atoms with van der Waals surface area (Å²) in [4.78, 5) is 62.0. The Morgan fingerprint density at radius 3 is 2.30 bits per heavy atom. The van der Waals surface area contributed by atoms with Crippen molar-refractivity contribution < 1.29 is 19.1 Å². The third-order valence-electron chi connectivity index (χ3n) is 11.3. The number of hydrogen-bond donors (Lipinski definition) is 2. The lowest BCUT2D eigenvalue weighted by atomic mass is 9.99. The second kappa shape index (κ2) is 19.4. The number of fused-ring (bicyclic) bond motifs is 4. The Morgan fingerprint density at radius 1 is 0.762 bits per heavy atom. The number of rotatable bonds is 10. The van der Waals surface area contributed by atoms with Crippen molar-refractivity contribution in [1.29, 1.82) is 0 Å². The van der Waals surface area contributed by atoms with Gasteiger partial charge in [0.25, 0.3) is 11.8 Å². The molecule has 3 aliphatic heterocycles. The smallest absolute Gasteiger partial charge is 0.251 e. The van der Waals surface area contributed by atoms with E-state index in [1.165, 1.54) is 0 Å². The maximum absolute atomic E-state index is 14.5. The average molecular weight is 871 g/mol. The predicted molar refractivity (Wildman–Crippen MR) is 249 cm³/mol. The summed E-state index contributed by atoms with van der Waals surface area (Å²) < 4.78 is 5.39. The number of ether oxygens (including phenoxy) is 1. The predicted octanol–water partition coefficient (Wildman–Crippen LogP) is 9.72. The van der Waals surface area contributed by atoms with Crippen LogP contribution >= 0.6 is 23.5 Å². The first-order valence-electron chi connectivity index (χ1n) is 21.4. The molecule has 10 nitrogen and oxygen atoms in total. The van der Waals surface area contributed by atoms with Crippen LogP contribution in [0.25, 0.3) is 5.57 Å². The molecule has 2 N–H and O–H groups in total. The molecule has 316 valence electrons. The first-order valence-corrected chi connectivity index (χ1v) is 23.0. The molecule has 1 saturated heterocycles. The van der Waals surface area contributed by atoms with Crippen LogP contribution in [-0.2, 0) is 16.0 Å². The van der Waals surface area contributed by atoms with Crippen LogP contribution in [-0.4, -0.2) is 65.7 Å². The number of anilines is 1. The van der Waals surface area contributed by atoms with Crippen LogP contribution in [0.2, 0.25) is 0 Å². The van der Waals surface area contributed by atoms with Gasteiger partial charge in [0, 0.05) is 79.6 Å². The summed E-state index contributed by atoms with van der Waals surface area (Å²) in [6, 6.07) is 36.8. The SMILES string of the molecule is CCOCCNC(=O)c1ccc2c(c1)N=C(c1ccccn1)c1cc(N3CCCCC(NC(=O)c4ccc5c(c4)CC/C=C(\c4ccccn4)c4ccccc4S5)C3=O)ccc1S2. The molecule has 5 heterocycles. The summed E-state index contributed by atoms with van der Waals surface area (Å²) >= 11 is 3.26. The molecule has 63 heavy (non-hydrogen) atoms. The lowest BCUT2D eigenvalue weighted by Gasteiger charge is -2.26. The molecule has 1 atom stereocenters. The number of aliphatic imine (C=N–C) groups is 1. The monoisotopic (exact) mass is 870 g/mol. The van der Waals surface area contributed by atoms with Gasteiger partial charge in [0.05, 0.1) is 29.4 Å². The van der Waals surface area contributed by atoms with Crippen molar-refractivity contribution in [3.63, 3.8) is 0 Å². The number of nitrogens with zero attached hydrogens (tertiary/aromatic N) is 4. The number of carbonyl (C=O) groups is 3. The van der Waals surface area contributed by atoms with Gasteiger partial charge in [-0.1, -0.05) is 59.9 Å². The number of amides is 3. The number of carbonyl (C=O) groups excluding carboxylic acids is 3. The highest BCUT2D eigenvalue weighted by Crippen LogP contribution is 2.43. The quantitative estimate of drug-likeness (QED) is 0.130. The third kappa shape index (κ3) is 9.39. The summed E-state index contributed by atoms with van der Waals surface area (Å²) in [5.74, 6) is -0.617. The van der Waals surface area contributed by atoms with Gasteiger partial charge in [-0.3, -0.25) is 24.4 Å². The van der Waals surface area contributed by atoms with Gasteiger partial charge in [-0.25, -0.2) is 4.99 Å². The summed E-state index contributed by atoms with van der Waals surface area (Å²) in [6.07, 6.45) is 9.45. The summed E-state index contributed by atoms with van der Waals surface area (Å²) in [6.45, 7) is 3.87. The maximum atomic E-state index is 14.5. The Morgan fingerprint density at radius 2 is 1.49 bits per heavy atom. The van der Waals surface area contributed by atoms with E-state index in [0.717, 1.165) is 78.9 Å². The van der Waals surface area contributed by atoms with Gasteiger partial charge in [-0.2, -0.15) is 0 Å². The van der Waals surface area contributed by atoms with Gasteiger partial charge in [0.1, 0.15) is 6.04 Å². The van der Waals surface area contributed by atoms with Gasteiger partial charge >= 0.3 is 0 Å². The van der Waals surface area contributed by atoms with Crippen LogP contribution in [0, 0.1) is 0 Å². The van der Waals surface area contributed by atoms with Crippen LogP contribution in [0.5, 0.6) is 0 Å². The van der Waals surface area contributed by atoms with Gasteiger partial charge in [-0.05, 0) is 135 Å². The fourth-order valence-corrected chi connectivity index (χ4v) is 10.2. The molecule has 0 spiro atoms. The van der Waals surface area contributed by atoms with Crippen LogP contribution < -0.4 is 15.5 Å². The highest BCUT2D eigenvalue weighted by molar-refractivity contribution is 7.99. The van der Waals surface area contributed by atoms with E-state index < -0.39 is 6.04 Å². The average Bonchev–Trinajstić information content (AvgIpc) is 3.56. The van der Waals surface area contributed by atoms with Gasteiger partial charge in [0.15, 0.2) is 0 Å². The van der Waals surface area contributed by atoms with Crippen molar-refractivity contribution >= 4 is 63.9 Å². The van der Waals surface area contributed by atoms with Crippen LogP contribution in [0.4, 0.5) is 11.4 Å². The van der Waals surface area contributed by atoms with E-state index in [0.29, 0.717) is 60.9 Å². The largest absolute Gasteiger partial charge is 0.380 e. The zero-order valence-corrected chi connectivity index (χ0v) is 36.5. The minimum atomic E-state index is -0.699. The third-order valence-corrected chi connectivity index (χ3v) is 13.6. The van der Waals surface area contributed by atoms with Crippen molar-refractivity contribution in [2.75, 3.05) is 31.2 Å². The molecule has 4 aromatic carbocycles. The number of hydrogen-bond acceptors (Lipinski definition) is 9. The van der Waals surface area contributed by atoms with Crippen molar-refractivity contribution in [2.24, 2.45) is 4.99 Å². The normalized spacial score (nSPS) is 16.7. The highest BCUT2D eigenvalue weighted by atomic mass is 32.2. The summed E-state index contributed by atoms with van der Waals surface area (Å²) in [5, 5.41) is 6.06. The molecule has 12 heteroatoms. The Labute approximate surface area is 375 Å². The fourth-order valence-electron chi connectivity index (χ4n) is 8.10. The number of benzene rings is 4. The second-order valence-electron chi connectivity index (χ2n) is 15.4. The Bertz CT molecular complexity index is 2740. The Kier molecular flexibility index (Phi) is 12.9. The number of nitrogens with one attached hydrogen (secondary N) is 2. The zero-order chi connectivity index (χ0) is 43.1. The topological polar surface area (TPSA) is 126 Å².